The Bertz CT molecular complexity index is 1140. The van der Waals surface area contributed by atoms with Crippen molar-refractivity contribution in [2.24, 2.45) is 0 Å². The van der Waals surface area contributed by atoms with Gasteiger partial charge in [0, 0.05) is 21.9 Å². The van der Waals surface area contributed by atoms with E-state index in [0.29, 0.717) is 27.1 Å². The summed E-state index contributed by atoms with van der Waals surface area (Å²) < 4.78 is 14.0. The van der Waals surface area contributed by atoms with Crippen molar-refractivity contribution in [1.29, 1.82) is 0 Å². The monoisotopic (exact) mass is 538 g/mol. The number of anilines is 1. The third-order valence-corrected chi connectivity index (χ3v) is 7.34. The lowest BCUT2D eigenvalue weighted by Gasteiger charge is -2.43. The van der Waals surface area contributed by atoms with Crippen LogP contribution >= 0.6 is 39.0 Å². The number of thiazole rings is 1. The summed E-state index contributed by atoms with van der Waals surface area (Å²) in [4.78, 5) is 8.47. The number of benzene rings is 1. The first-order valence-electron chi connectivity index (χ1n) is 9.39. The molecule has 3 heterocycles. The largest absolute Gasteiger partial charge is 0.394 e. The maximum atomic E-state index is 10.9. The fourth-order valence-electron chi connectivity index (χ4n) is 3.45. The molecule has 1 saturated heterocycles. The van der Waals surface area contributed by atoms with E-state index >= 15 is 0 Å². The van der Waals surface area contributed by atoms with Crippen molar-refractivity contribution in [2.75, 3.05) is 19.5 Å². The van der Waals surface area contributed by atoms with E-state index < -0.39 is 36.4 Å². The lowest BCUT2D eigenvalue weighted by molar-refractivity contribution is -0.186. The molecule has 3 aromatic rings. The topological polar surface area (TPSA) is 133 Å². The highest BCUT2D eigenvalue weighted by Crippen LogP contribution is 2.43. The molecule has 1 aliphatic rings. The van der Waals surface area contributed by atoms with Gasteiger partial charge in [0.15, 0.2) is 5.13 Å². The number of aliphatic hydroxyl groups is 2. The van der Waals surface area contributed by atoms with Crippen LogP contribution in [0, 0.1) is 6.57 Å². The van der Waals surface area contributed by atoms with E-state index in [1.807, 2.05) is 6.07 Å². The quantitative estimate of drug-likeness (QED) is 0.405. The van der Waals surface area contributed by atoms with Crippen molar-refractivity contribution in [1.82, 2.24) is 20.0 Å². The van der Waals surface area contributed by atoms with Gasteiger partial charge in [0.25, 0.3) is 0 Å². The molecule has 0 aliphatic carbocycles. The number of nitrogen functional groups attached to an aromatic ring is 1. The van der Waals surface area contributed by atoms with Gasteiger partial charge in [-0.1, -0.05) is 33.3 Å². The molecule has 0 amide bonds. The minimum Gasteiger partial charge on any atom is -0.394 e. The molecule has 10 nitrogen and oxygen atoms in total. The summed E-state index contributed by atoms with van der Waals surface area (Å²) in [6.45, 7) is 7.04. The van der Waals surface area contributed by atoms with Crippen LogP contribution in [0.3, 0.4) is 0 Å². The van der Waals surface area contributed by atoms with Crippen LogP contribution in [0.5, 0.6) is 0 Å². The van der Waals surface area contributed by atoms with Crippen LogP contribution in [0.1, 0.15) is 6.04 Å². The van der Waals surface area contributed by atoms with Gasteiger partial charge in [0.1, 0.15) is 41.2 Å². The molecule has 4 rings (SSSR count). The van der Waals surface area contributed by atoms with E-state index in [1.54, 1.807) is 23.7 Å². The van der Waals surface area contributed by atoms with E-state index in [-0.39, 0.29) is 0 Å². The number of rotatable bonds is 6. The zero-order chi connectivity index (χ0) is 22.8. The Balaban J connectivity index is 1.68. The Labute approximate surface area is 200 Å². The molecule has 1 fully saturated rings. The molecule has 0 bridgehead atoms. The fraction of sp³-hybridized carbons (Fsp3) is 0.368. The molecule has 0 spiro atoms. The molecule has 4 N–H and O–H groups in total. The van der Waals surface area contributed by atoms with Crippen molar-refractivity contribution >= 4 is 49.8 Å². The van der Waals surface area contributed by atoms with Crippen LogP contribution in [0.4, 0.5) is 10.8 Å². The molecule has 13 heteroatoms. The van der Waals surface area contributed by atoms with Gasteiger partial charge in [0.05, 0.1) is 19.4 Å². The lowest BCUT2D eigenvalue weighted by Crippen LogP contribution is -2.55. The Morgan fingerprint density at radius 2 is 2.25 bits per heavy atom. The molecule has 5 atom stereocenters. The highest BCUT2D eigenvalue weighted by Gasteiger charge is 2.47. The summed E-state index contributed by atoms with van der Waals surface area (Å²) in [5.41, 5.74) is 6.62. The van der Waals surface area contributed by atoms with Gasteiger partial charge in [-0.2, -0.15) is 0 Å². The van der Waals surface area contributed by atoms with Gasteiger partial charge < -0.3 is 25.4 Å². The smallest absolute Gasteiger partial charge is 0.200 e. The van der Waals surface area contributed by atoms with E-state index in [2.05, 4.69) is 36.1 Å². The number of nitrogens with zero attached hydrogens (tertiary/aromatic N) is 5. The van der Waals surface area contributed by atoms with Gasteiger partial charge in [-0.15, -0.1) is 28.2 Å². The summed E-state index contributed by atoms with van der Waals surface area (Å²) >= 11 is 6.01. The molecule has 2 aromatic heterocycles. The number of thioether (sulfide) groups is 1. The number of aliphatic hydroxyl groups excluding tert-OH is 2. The number of nitrogens with two attached hydrogens (primary N) is 1. The normalized spacial score (nSPS) is 25.5. The minimum absolute atomic E-state index is 0.399. The predicted octanol–water partition coefficient (Wildman–Crippen LogP) is 2.72. The molecular formula is C19H19BrN6O4S2. The molecular weight excluding hydrogens is 520 g/mol. The lowest BCUT2D eigenvalue weighted by atomic mass is 9.97. The third kappa shape index (κ3) is 4.53. The minimum atomic E-state index is -1.11. The van der Waals surface area contributed by atoms with Crippen LogP contribution in [-0.4, -0.2) is 67.7 Å². The van der Waals surface area contributed by atoms with E-state index in [1.165, 1.54) is 34.9 Å². The third-order valence-electron chi connectivity index (χ3n) is 4.98. The maximum absolute atomic E-state index is 10.9. The summed E-state index contributed by atoms with van der Waals surface area (Å²) in [5.74, 6) is 0. The molecule has 168 valence electrons. The van der Waals surface area contributed by atoms with Crippen molar-refractivity contribution in [3.05, 3.63) is 45.7 Å². The molecule has 32 heavy (non-hydrogen) atoms. The highest BCUT2D eigenvalue weighted by atomic mass is 79.9. The van der Waals surface area contributed by atoms with Crippen LogP contribution in [0.15, 0.2) is 39.1 Å². The fourth-order valence-corrected chi connectivity index (χ4v) is 5.81. The van der Waals surface area contributed by atoms with Crippen LogP contribution in [0.25, 0.3) is 16.2 Å². The molecule has 0 radical (unpaired) electrons. The summed E-state index contributed by atoms with van der Waals surface area (Å²) in [6, 6.07) is 4.62. The summed E-state index contributed by atoms with van der Waals surface area (Å²) in [5, 5.41) is 31.3. The summed E-state index contributed by atoms with van der Waals surface area (Å²) in [7, 11) is 1.51. The second-order valence-electron chi connectivity index (χ2n) is 6.90. The Hall–Kier alpha value is -2.05. The molecule has 0 saturated carbocycles. The van der Waals surface area contributed by atoms with Gasteiger partial charge >= 0.3 is 0 Å². The van der Waals surface area contributed by atoms with Crippen molar-refractivity contribution in [2.45, 2.75) is 34.7 Å². The SMILES string of the molecule is [C-]#[N+]c1ccc(Br)cc1S[C@H]1OC(CO)[C@H](O)[C@H](n2cc(-c3csc(N)n3)nn2)C1OC. The molecule has 2 unspecified atom stereocenters. The van der Waals surface area contributed by atoms with E-state index in [4.69, 9.17) is 21.8 Å². The van der Waals surface area contributed by atoms with Crippen molar-refractivity contribution < 1.29 is 19.7 Å². The number of aromatic nitrogens is 4. The van der Waals surface area contributed by atoms with E-state index in [0.717, 1.165) is 4.47 Å². The molecule has 1 aliphatic heterocycles. The van der Waals surface area contributed by atoms with Crippen molar-refractivity contribution in [3.63, 3.8) is 0 Å². The van der Waals surface area contributed by atoms with Gasteiger partial charge in [-0.25, -0.2) is 14.5 Å². The summed E-state index contributed by atoms with van der Waals surface area (Å²) in [6.07, 6.45) is -1.00. The Morgan fingerprint density at radius 3 is 2.91 bits per heavy atom. The first-order chi connectivity index (χ1) is 15.4. The Morgan fingerprint density at radius 1 is 1.44 bits per heavy atom. The second kappa shape index (κ2) is 9.84. The van der Waals surface area contributed by atoms with Gasteiger partial charge in [-0.05, 0) is 6.07 Å². The van der Waals surface area contributed by atoms with Crippen LogP contribution in [-0.2, 0) is 9.47 Å². The average molecular weight is 539 g/mol. The predicted molar refractivity (Wildman–Crippen MR) is 123 cm³/mol. The first kappa shape index (κ1) is 23.1. The Kier molecular flexibility index (Phi) is 7.11. The number of hydrogen-bond donors (Lipinski definition) is 3. The number of methoxy groups -OCH3 is 1. The maximum Gasteiger partial charge on any atom is 0.200 e. The number of ether oxygens (including phenoxy) is 2. The van der Waals surface area contributed by atoms with Gasteiger partial charge in [0.2, 0.25) is 5.69 Å². The number of halogens is 1. The standard InChI is InChI=1S/C19H19BrN6O4S2/c1-22-10-4-3-9(20)5-14(10)32-18-17(29-2)15(16(28)13(7-27)30-18)26-6-11(24-25-26)12-8-31-19(21)23-12/h3-6,8,13,15-18,27-28H,7H2,2H3,(H2,21,23)/t13?,15-,16-,17?,18+/m0/s1. The second-order valence-corrected chi connectivity index (χ2v) is 9.85. The zero-order valence-electron chi connectivity index (χ0n) is 16.7. The first-order valence-corrected chi connectivity index (χ1v) is 11.9. The van der Waals surface area contributed by atoms with E-state index in [9.17, 15) is 10.2 Å². The molecule has 1 aromatic carbocycles. The van der Waals surface area contributed by atoms with Gasteiger partial charge in [-0.3, -0.25) is 0 Å². The van der Waals surface area contributed by atoms with Crippen molar-refractivity contribution in [3.8, 4) is 11.4 Å². The average Bonchev–Trinajstić information content (AvgIpc) is 3.43. The zero-order valence-corrected chi connectivity index (χ0v) is 19.9. The highest BCUT2D eigenvalue weighted by molar-refractivity contribution is 9.10. The van der Waals surface area contributed by atoms with Crippen LogP contribution < -0.4 is 5.73 Å². The number of hydrogen-bond acceptors (Lipinski definition) is 10. The van der Waals surface area contributed by atoms with Crippen LogP contribution in [0.2, 0.25) is 0 Å².